The summed E-state index contributed by atoms with van der Waals surface area (Å²) in [4.78, 5) is 0. The van der Waals surface area contributed by atoms with Gasteiger partial charge in [0.25, 0.3) is 0 Å². The molecule has 0 spiro atoms. The third-order valence-electron chi connectivity index (χ3n) is 1.60. The summed E-state index contributed by atoms with van der Waals surface area (Å²) in [5, 5.41) is 1.46. The second-order valence-electron chi connectivity index (χ2n) is 2.47. The fraction of sp³-hybridized carbons (Fsp3) is 0.250. The first-order valence-corrected chi connectivity index (χ1v) is 6.54. The van der Waals surface area contributed by atoms with Gasteiger partial charge in [0, 0.05) is 5.50 Å². The molecule has 1 aromatic rings. The fourth-order valence-corrected chi connectivity index (χ4v) is 2.46. The molecule has 0 radical (unpaired) electrons. The van der Waals surface area contributed by atoms with Crippen LogP contribution in [-0.4, -0.2) is 14.3 Å². The van der Waals surface area contributed by atoms with Gasteiger partial charge >= 0.3 is 0 Å². The number of hydrogen-bond donors (Lipinski definition) is 0. The van der Waals surface area contributed by atoms with Crippen LogP contribution >= 0.6 is 11.6 Å². The zero-order chi connectivity index (χ0) is 7.40. The molecule has 0 amide bonds. The minimum atomic E-state index is -0.774. The number of alkyl halides is 1. The highest BCUT2D eigenvalue weighted by Gasteiger charge is 2.02. The predicted molar refractivity (Wildman–Crippen MR) is 49.8 cm³/mol. The number of hydrogen-bond acceptors (Lipinski definition) is 0. The first kappa shape index (κ1) is 7.83. The van der Waals surface area contributed by atoms with E-state index in [4.69, 9.17) is 11.6 Å². The topological polar surface area (TPSA) is 0 Å². The molecule has 0 N–H and O–H groups in total. The summed E-state index contributed by atoms with van der Waals surface area (Å²) in [5.74, 6) is 0. The van der Waals surface area contributed by atoms with Crippen LogP contribution in [-0.2, 0) is 0 Å². The van der Waals surface area contributed by atoms with Gasteiger partial charge in [0.15, 0.2) is 0 Å². The standard InChI is InChI=1S/C8H11ClSi/c1-10(7-9)8-5-3-2-4-6-8/h2-6,10H,7H2,1H3. The molecule has 0 aliphatic rings. The van der Waals surface area contributed by atoms with Crippen molar-refractivity contribution >= 4 is 25.6 Å². The molecule has 0 aromatic heterocycles. The quantitative estimate of drug-likeness (QED) is 0.467. The largest absolute Gasteiger partial charge is 0.130 e. The highest BCUT2D eigenvalue weighted by molar-refractivity contribution is 6.77. The average Bonchev–Trinajstić information content (AvgIpc) is 2.05. The molecule has 0 saturated carbocycles. The monoisotopic (exact) mass is 170 g/mol. The van der Waals surface area contributed by atoms with Gasteiger partial charge in [-0.1, -0.05) is 42.1 Å². The minimum Gasteiger partial charge on any atom is -0.130 e. The summed E-state index contributed by atoms with van der Waals surface area (Å²) in [5.41, 5.74) is 0.837. The van der Waals surface area contributed by atoms with E-state index in [1.807, 2.05) is 6.07 Å². The van der Waals surface area contributed by atoms with Crippen molar-refractivity contribution in [3.63, 3.8) is 0 Å². The Bertz CT molecular complexity index is 186. The van der Waals surface area contributed by atoms with Gasteiger partial charge in [0.1, 0.15) is 0 Å². The summed E-state index contributed by atoms with van der Waals surface area (Å²) in [6, 6.07) is 10.5. The zero-order valence-electron chi connectivity index (χ0n) is 6.05. The highest BCUT2D eigenvalue weighted by Crippen LogP contribution is 1.89. The Morgan fingerprint density at radius 2 is 1.90 bits per heavy atom. The Kier molecular flexibility index (Phi) is 2.97. The molecule has 0 bridgehead atoms. The lowest BCUT2D eigenvalue weighted by molar-refractivity contribution is 1.73. The van der Waals surface area contributed by atoms with Gasteiger partial charge in [0.2, 0.25) is 0 Å². The molecule has 0 aliphatic carbocycles. The van der Waals surface area contributed by atoms with E-state index in [9.17, 15) is 0 Å². The van der Waals surface area contributed by atoms with Crippen LogP contribution in [0.15, 0.2) is 30.3 Å². The zero-order valence-corrected chi connectivity index (χ0v) is 7.96. The van der Waals surface area contributed by atoms with Crippen molar-refractivity contribution < 1.29 is 0 Å². The van der Waals surface area contributed by atoms with Crippen LogP contribution in [0.5, 0.6) is 0 Å². The SMILES string of the molecule is C[SiH](CCl)c1ccccc1. The Hall–Kier alpha value is -0.273. The van der Waals surface area contributed by atoms with E-state index in [1.165, 1.54) is 5.19 Å². The second kappa shape index (κ2) is 3.79. The molecule has 0 fully saturated rings. The molecule has 0 aliphatic heterocycles. The van der Waals surface area contributed by atoms with Crippen LogP contribution in [0.25, 0.3) is 0 Å². The molecule has 1 aromatic carbocycles. The minimum absolute atomic E-state index is 0.774. The van der Waals surface area contributed by atoms with Crippen LogP contribution in [0.3, 0.4) is 0 Å². The van der Waals surface area contributed by atoms with Crippen molar-refractivity contribution in [2.75, 3.05) is 5.50 Å². The van der Waals surface area contributed by atoms with E-state index in [2.05, 4.69) is 30.8 Å². The molecular weight excluding hydrogens is 160 g/mol. The predicted octanol–water partition coefficient (Wildman–Crippen LogP) is 1.53. The number of benzene rings is 1. The first-order chi connectivity index (χ1) is 4.84. The Balaban J connectivity index is 2.75. The maximum absolute atomic E-state index is 5.75. The Morgan fingerprint density at radius 1 is 1.30 bits per heavy atom. The smallest absolute Gasteiger partial charge is 0.0837 e. The molecule has 1 atom stereocenters. The van der Waals surface area contributed by atoms with E-state index >= 15 is 0 Å². The summed E-state index contributed by atoms with van der Waals surface area (Å²) >= 11 is 5.75. The highest BCUT2D eigenvalue weighted by atomic mass is 35.5. The molecule has 0 nitrogen and oxygen atoms in total. The first-order valence-electron chi connectivity index (χ1n) is 3.45. The third-order valence-corrected chi connectivity index (χ3v) is 4.97. The lowest BCUT2D eigenvalue weighted by Gasteiger charge is -2.03. The molecular formula is C8H11ClSi. The van der Waals surface area contributed by atoms with E-state index in [0.29, 0.717) is 0 Å². The molecule has 0 heterocycles. The summed E-state index contributed by atoms with van der Waals surface area (Å²) in [6.45, 7) is 2.27. The van der Waals surface area contributed by atoms with Crippen LogP contribution in [0.2, 0.25) is 6.55 Å². The Morgan fingerprint density at radius 3 is 2.40 bits per heavy atom. The van der Waals surface area contributed by atoms with Crippen molar-refractivity contribution in [1.82, 2.24) is 0 Å². The maximum atomic E-state index is 5.75. The van der Waals surface area contributed by atoms with Crippen molar-refractivity contribution in [3.05, 3.63) is 30.3 Å². The van der Waals surface area contributed by atoms with E-state index in [1.54, 1.807) is 0 Å². The van der Waals surface area contributed by atoms with Crippen LogP contribution in [0.1, 0.15) is 0 Å². The van der Waals surface area contributed by atoms with Crippen LogP contribution in [0.4, 0.5) is 0 Å². The Labute approximate surface area is 68.4 Å². The molecule has 1 unspecified atom stereocenters. The normalized spacial score (nSPS) is 13.0. The van der Waals surface area contributed by atoms with E-state index < -0.39 is 8.80 Å². The van der Waals surface area contributed by atoms with Crippen LogP contribution < -0.4 is 5.19 Å². The number of rotatable bonds is 2. The maximum Gasteiger partial charge on any atom is 0.0837 e. The average molecular weight is 171 g/mol. The van der Waals surface area contributed by atoms with Crippen LogP contribution in [0, 0.1) is 0 Å². The lowest BCUT2D eigenvalue weighted by atomic mass is 10.4. The summed E-state index contributed by atoms with van der Waals surface area (Å²) in [6.07, 6.45) is 0. The van der Waals surface area contributed by atoms with Crippen molar-refractivity contribution in [1.29, 1.82) is 0 Å². The molecule has 54 valence electrons. The number of halogens is 1. The summed E-state index contributed by atoms with van der Waals surface area (Å²) in [7, 11) is -0.774. The molecule has 2 heteroatoms. The van der Waals surface area contributed by atoms with Gasteiger partial charge in [-0.3, -0.25) is 0 Å². The van der Waals surface area contributed by atoms with E-state index in [-0.39, 0.29) is 0 Å². The van der Waals surface area contributed by atoms with Crippen molar-refractivity contribution in [2.24, 2.45) is 0 Å². The van der Waals surface area contributed by atoms with E-state index in [0.717, 1.165) is 5.50 Å². The van der Waals surface area contributed by atoms with Gasteiger partial charge in [-0.15, -0.1) is 11.6 Å². The summed E-state index contributed by atoms with van der Waals surface area (Å²) < 4.78 is 0. The van der Waals surface area contributed by atoms with Gasteiger partial charge in [0.05, 0.1) is 8.80 Å². The van der Waals surface area contributed by atoms with Crippen molar-refractivity contribution in [3.8, 4) is 0 Å². The van der Waals surface area contributed by atoms with Gasteiger partial charge in [-0.2, -0.15) is 0 Å². The van der Waals surface area contributed by atoms with Gasteiger partial charge < -0.3 is 0 Å². The molecule has 1 rings (SSSR count). The van der Waals surface area contributed by atoms with Crippen molar-refractivity contribution in [2.45, 2.75) is 6.55 Å². The van der Waals surface area contributed by atoms with Gasteiger partial charge in [-0.25, -0.2) is 0 Å². The fourth-order valence-electron chi connectivity index (χ4n) is 0.871. The van der Waals surface area contributed by atoms with Gasteiger partial charge in [-0.05, 0) is 0 Å². The second-order valence-corrected chi connectivity index (χ2v) is 6.17. The lowest BCUT2D eigenvalue weighted by Crippen LogP contribution is -2.27. The molecule has 10 heavy (non-hydrogen) atoms. The third kappa shape index (κ3) is 1.86. The molecule has 0 saturated heterocycles.